The van der Waals surface area contributed by atoms with Gasteiger partial charge in [-0.05, 0) is 37.6 Å². The van der Waals surface area contributed by atoms with Crippen molar-refractivity contribution in [2.75, 3.05) is 13.2 Å². The van der Waals surface area contributed by atoms with E-state index in [9.17, 15) is 0 Å². The standard InChI is InChI=1S/C14H22ClNOS/c1-4-7-16-11(3)12-5-6-14(13(15)8-12)18-10(2)9-17/h5-6,8,10-11,16-17H,4,7,9H2,1-3H3. The van der Waals surface area contributed by atoms with Crippen molar-refractivity contribution in [3.63, 3.8) is 0 Å². The van der Waals surface area contributed by atoms with Gasteiger partial charge in [0, 0.05) is 16.2 Å². The summed E-state index contributed by atoms with van der Waals surface area (Å²) in [6, 6.07) is 6.47. The lowest BCUT2D eigenvalue weighted by molar-refractivity contribution is 0.300. The van der Waals surface area contributed by atoms with Crippen LogP contribution in [0.15, 0.2) is 23.1 Å². The molecule has 2 N–H and O–H groups in total. The van der Waals surface area contributed by atoms with E-state index in [1.807, 2.05) is 19.1 Å². The van der Waals surface area contributed by atoms with Gasteiger partial charge in [-0.15, -0.1) is 11.8 Å². The van der Waals surface area contributed by atoms with Crippen LogP contribution < -0.4 is 5.32 Å². The Bertz CT molecular complexity index is 373. The third-order valence-electron chi connectivity index (χ3n) is 2.74. The number of hydrogen-bond donors (Lipinski definition) is 2. The largest absolute Gasteiger partial charge is 0.395 e. The molecule has 2 unspecified atom stereocenters. The molecular formula is C14H22ClNOS. The molecule has 1 rings (SSSR count). The molecular weight excluding hydrogens is 266 g/mol. The maximum atomic E-state index is 9.05. The van der Waals surface area contributed by atoms with Crippen LogP contribution in [0.2, 0.25) is 5.02 Å². The zero-order chi connectivity index (χ0) is 13.5. The zero-order valence-corrected chi connectivity index (χ0v) is 12.8. The van der Waals surface area contributed by atoms with E-state index in [0.29, 0.717) is 6.04 Å². The fourth-order valence-corrected chi connectivity index (χ4v) is 2.76. The lowest BCUT2D eigenvalue weighted by Gasteiger charge is -2.16. The van der Waals surface area contributed by atoms with Crippen molar-refractivity contribution >= 4 is 23.4 Å². The molecule has 4 heteroatoms. The Morgan fingerprint density at radius 3 is 2.67 bits per heavy atom. The van der Waals surface area contributed by atoms with Crippen LogP contribution in [0.4, 0.5) is 0 Å². The highest BCUT2D eigenvalue weighted by Gasteiger charge is 2.10. The minimum atomic E-state index is 0.164. The highest BCUT2D eigenvalue weighted by atomic mass is 35.5. The lowest BCUT2D eigenvalue weighted by atomic mass is 10.1. The first-order valence-electron chi connectivity index (χ1n) is 6.38. The first kappa shape index (κ1) is 15.8. The third-order valence-corrected chi connectivity index (χ3v) is 4.33. The van der Waals surface area contributed by atoms with Crippen LogP contribution in [0.25, 0.3) is 0 Å². The smallest absolute Gasteiger partial charge is 0.0550 e. The van der Waals surface area contributed by atoms with E-state index >= 15 is 0 Å². The summed E-state index contributed by atoms with van der Waals surface area (Å²) in [5, 5.41) is 13.4. The van der Waals surface area contributed by atoms with Gasteiger partial charge in [-0.1, -0.05) is 31.5 Å². The lowest BCUT2D eigenvalue weighted by Crippen LogP contribution is -2.19. The molecule has 0 heterocycles. The summed E-state index contributed by atoms with van der Waals surface area (Å²) < 4.78 is 0. The molecule has 1 aromatic rings. The summed E-state index contributed by atoms with van der Waals surface area (Å²) >= 11 is 7.88. The number of benzene rings is 1. The van der Waals surface area contributed by atoms with E-state index in [-0.39, 0.29) is 11.9 Å². The number of hydrogen-bond acceptors (Lipinski definition) is 3. The molecule has 0 amide bonds. The number of nitrogens with one attached hydrogen (secondary N) is 1. The van der Waals surface area contributed by atoms with Crippen LogP contribution in [0.3, 0.4) is 0 Å². The minimum Gasteiger partial charge on any atom is -0.395 e. The molecule has 2 atom stereocenters. The highest BCUT2D eigenvalue weighted by molar-refractivity contribution is 8.00. The monoisotopic (exact) mass is 287 g/mol. The number of halogens is 1. The number of aliphatic hydroxyl groups excluding tert-OH is 1. The van der Waals surface area contributed by atoms with Gasteiger partial charge in [-0.3, -0.25) is 0 Å². The van der Waals surface area contributed by atoms with E-state index in [2.05, 4.69) is 25.2 Å². The molecule has 18 heavy (non-hydrogen) atoms. The van der Waals surface area contributed by atoms with Gasteiger partial charge in [0.25, 0.3) is 0 Å². The summed E-state index contributed by atoms with van der Waals surface area (Å²) in [6.45, 7) is 7.46. The average molecular weight is 288 g/mol. The maximum Gasteiger partial charge on any atom is 0.0550 e. The van der Waals surface area contributed by atoms with Gasteiger partial charge >= 0.3 is 0 Å². The molecule has 0 fully saturated rings. The molecule has 0 radical (unpaired) electrons. The fourth-order valence-electron chi connectivity index (χ4n) is 1.61. The van der Waals surface area contributed by atoms with E-state index in [1.54, 1.807) is 11.8 Å². The van der Waals surface area contributed by atoms with Gasteiger partial charge in [0.05, 0.1) is 11.6 Å². The normalized spacial score (nSPS) is 14.5. The van der Waals surface area contributed by atoms with E-state index in [1.165, 1.54) is 5.56 Å². The second kappa shape index (κ2) is 8.05. The third kappa shape index (κ3) is 4.81. The summed E-state index contributed by atoms with van der Waals surface area (Å²) in [5.74, 6) is 0. The van der Waals surface area contributed by atoms with E-state index in [4.69, 9.17) is 16.7 Å². The van der Waals surface area contributed by atoms with Gasteiger partial charge in [-0.2, -0.15) is 0 Å². The maximum absolute atomic E-state index is 9.05. The predicted octanol–water partition coefficient (Wildman–Crippen LogP) is 3.87. The molecule has 0 aromatic heterocycles. The molecule has 0 bridgehead atoms. The molecule has 102 valence electrons. The van der Waals surface area contributed by atoms with Gasteiger partial charge in [0.1, 0.15) is 0 Å². The van der Waals surface area contributed by atoms with Gasteiger partial charge in [0.2, 0.25) is 0 Å². The molecule has 0 aliphatic carbocycles. The van der Waals surface area contributed by atoms with Crippen molar-refractivity contribution in [3.05, 3.63) is 28.8 Å². The molecule has 1 aromatic carbocycles. The van der Waals surface area contributed by atoms with Crippen molar-refractivity contribution < 1.29 is 5.11 Å². The van der Waals surface area contributed by atoms with Crippen molar-refractivity contribution in [1.29, 1.82) is 0 Å². The van der Waals surface area contributed by atoms with Crippen LogP contribution in [-0.2, 0) is 0 Å². The first-order valence-corrected chi connectivity index (χ1v) is 7.64. The van der Waals surface area contributed by atoms with Crippen LogP contribution in [-0.4, -0.2) is 23.5 Å². The molecule has 0 saturated carbocycles. The first-order chi connectivity index (χ1) is 8.58. The molecule has 0 aliphatic heterocycles. The molecule has 0 aliphatic rings. The molecule has 0 spiro atoms. The van der Waals surface area contributed by atoms with Gasteiger partial charge in [0.15, 0.2) is 0 Å². The van der Waals surface area contributed by atoms with Crippen LogP contribution >= 0.6 is 23.4 Å². The second-order valence-electron chi connectivity index (χ2n) is 4.48. The summed E-state index contributed by atoms with van der Waals surface area (Å²) in [6.07, 6.45) is 1.13. The highest BCUT2D eigenvalue weighted by Crippen LogP contribution is 2.32. The van der Waals surface area contributed by atoms with Crippen LogP contribution in [0.1, 0.15) is 38.8 Å². The molecule has 0 saturated heterocycles. The van der Waals surface area contributed by atoms with Gasteiger partial charge in [-0.25, -0.2) is 0 Å². The minimum absolute atomic E-state index is 0.164. The average Bonchev–Trinajstić information content (AvgIpc) is 2.38. The second-order valence-corrected chi connectivity index (χ2v) is 6.36. The quantitative estimate of drug-likeness (QED) is 0.747. The van der Waals surface area contributed by atoms with Crippen molar-refractivity contribution in [1.82, 2.24) is 5.32 Å². The summed E-state index contributed by atoms with van der Waals surface area (Å²) in [5.41, 5.74) is 1.20. The Kier molecular flexibility index (Phi) is 7.08. The van der Waals surface area contributed by atoms with E-state index in [0.717, 1.165) is 22.9 Å². The summed E-state index contributed by atoms with van der Waals surface area (Å²) in [4.78, 5) is 1.03. The van der Waals surface area contributed by atoms with Crippen LogP contribution in [0.5, 0.6) is 0 Å². The molecule has 2 nitrogen and oxygen atoms in total. The Labute approximate surface area is 119 Å². The van der Waals surface area contributed by atoms with Crippen molar-refractivity contribution in [2.24, 2.45) is 0 Å². The Morgan fingerprint density at radius 2 is 2.11 bits per heavy atom. The van der Waals surface area contributed by atoms with Gasteiger partial charge < -0.3 is 10.4 Å². The number of rotatable bonds is 7. The van der Waals surface area contributed by atoms with Crippen LogP contribution in [0, 0.1) is 0 Å². The Balaban J connectivity index is 2.72. The predicted molar refractivity (Wildman–Crippen MR) is 80.6 cm³/mol. The fraction of sp³-hybridized carbons (Fsp3) is 0.571. The Hall–Kier alpha value is -0.220. The number of aliphatic hydroxyl groups is 1. The van der Waals surface area contributed by atoms with Crippen molar-refractivity contribution in [2.45, 2.75) is 43.4 Å². The Morgan fingerprint density at radius 1 is 1.39 bits per heavy atom. The topological polar surface area (TPSA) is 32.3 Å². The van der Waals surface area contributed by atoms with Crippen molar-refractivity contribution in [3.8, 4) is 0 Å². The SMILES string of the molecule is CCCNC(C)c1ccc(SC(C)CO)c(Cl)c1. The summed E-state index contributed by atoms with van der Waals surface area (Å²) in [7, 11) is 0. The van der Waals surface area contributed by atoms with E-state index < -0.39 is 0 Å². The zero-order valence-electron chi connectivity index (χ0n) is 11.2. The number of thioether (sulfide) groups is 1.